The van der Waals surface area contributed by atoms with Crippen LogP contribution in [0.2, 0.25) is 0 Å². The predicted octanol–water partition coefficient (Wildman–Crippen LogP) is 6.29. The molecule has 1 fully saturated rings. The zero-order chi connectivity index (χ0) is 26.4. The summed E-state index contributed by atoms with van der Waals surface area (Å²) in [6.07, 6.45) is 6.29. The Morgan fingerprint density at radius 3 is 2.30 bits per heavy atom. The van der Waals surface area contributed by atoms with Gasteiger partial charge >= 0.3 is 0 Å². The van der Waals surface area contributed by atoms with Crippen molar-refractivity contribution in [1.82, 2.24) is 0 Å². The summed E-state index contributed by atoms with van der Waals surface area (Å²) in [5.74, 6) is 1.18. The van der Waals surface area contributed by atoms with Gasteiger partial charge in [0, 0.05) is 11.8 Å². The molecule has 0 atom stereocenters. The number of hydrazone groups is 1. The van der Waals surface area contributed by atoms with Crippen LogP contribution in [-0.2, 0) is 10.0 Å². The smallest absolute Gasteiger partial charge is 0.295 e. The first-order valence-corrected chi connectivity index (χ1v) is 13.6. The van der Waals surface area contributed by atoms with Crippen molar-refractivity contribution in [3.8, 4) is 5.75 Å². The number of ether oxygens (including phenoxy) is 1. The van der Waals surface area contributed by atoms with Gasteiger partial charge in [0.25, 0.3) is 15.7 Å². The van der Waals surface area contributed by atoms with Crippen molar-refractivity contribution >= 4 is 32.8 Å². The van der Waals surface area contributed by atoms with Gasteiger partial charge in [-0.05, 0) is 73.2 Å². The summed E-state index contributed by atoms with van der Waals surface area (Å²) in [5, 5.41) is 16.0. The molecule has 0 radical (unpaired) electrons. The number of benzene rings is 3. The standard InChI is InChI=1S/C27H30N4O5S/c1-19(20-8-10-22(11-9-20)21-6-4-3-5-7-21)28-29-26-17-16-25(18-27(26)31(32)33)37(34,35)30-23-12-14-24(36-2)15-13-23/h8-18,21,29-30H,3-7H2,1-2H3/b28-19+. The van der Waals surface area contributed by atoms with Gasteiger partial charge in [0.2, 0.25) is 0 Å². The third-order valence-electron chi connectivity index (χ3n) is 6.57. The van der Waals surface area contributed by atoms with E-state index in [4.69, 9.17) is 4.74 Å². The van der Waals surface area contributed by atoms with Crippen LogP contribution in [0.15, 0.2) is 76.7 Å². The number of rotatable bonds is 9. The summed E-state index contributed by atoms with van der Waals surface area (Å²) in [4.78, 5) is 10.8. The molecule has 0 saturated heterocycles. The van der Waals surface area contributed by atoms with Gasteiger partial charge in [-0.2, -0.15) is 5.10 Å². The molecule has 1 saturated carbocycles. The van der Waals surface area contributed by atoms with E-state index in [2.05, 4.69) is 27.4 Å². The minimum Gasteiger partial charge on any atom is -0.497 e. The van der Waals surface area contributed by atoms with Crippen LogP contribution < -0.4 is 14.9 Å². The van der Waals surface area contributed by atoms with E-state index in [0.29, 0.717) is 23.1 Å². The highest BCUT2D eigenvalue weighted by atomic mass is 32.2. The van der Waals surface area contributed by atoms with Crippen molar-refractivity contribution in [3.05, 3.63) is 88.0 Å². The van der Waals surface area contributed by atoms with Gasteiger partial charge in [-0.25, -0.2) is 8.42 Å². The van der Waals surface area contributed by atoms with Crippen LogP contribution >= 0.6 is 0 Å². The van der Waals surface area contributed by atoms with E-state index in [-0.39, 0.29) is 10.6 Å². The first-order valence-electron chi connectivity index (χ1n) is 12.1. The molecule has 0 amide bonds. The molecule has 1 aliphatic carbocycles. The summed E-state index contributed by atoms with van der Waals surface area (Å²) in [6, 6.07) is 18.2. The number of nitro groups is 1. The van der Waals surface area contributed by atoms with Gasteiger partial charge in [0.05, 0.1) is 22.6 Å². The Balaban J connectivity index is 1.50. The lowest BCUT2D eigenvalue weighted by molar-refractivity contribution is -0.384. The van der Waals surface area contributed by atoms with E-state index >= 15 is 0 Å². The Hall–Kier alpha value is -3.92. The average molecular weight is 523 g/mol. The third-order valence-corrected chi connectivity index (χ3v) is 7.95. The first kappa shape index (κ1) is 26.2. The molecular weight excluding hydrogens is 492 g/mol. The highest BCUT2D eigenvalue weighted by Gasteiger charge is 2.22. The monoisotopic (exact) mass is 522 g/mol. The van der Waals surface area contributed by atoms with Crippen molar-refractivity contribution in [2.24, 2.45) is 5.10 Å². The van der Waals surface area contributed by atoms with Crippen molar-refractivity contribution in [2.75, 3.05) is 17.3 Å². The fourth-order valence-corrected chi connectivity index (χ4v) is 5.52. The van der Waals surface area contributed by atoms with Crippen LogP contribution in [0.1, 0.15) is 56.1 Å². The number of hydrogen-bond acceptors (Lipinski definition) is 7. The summed E-state index contributed by atoms with van der Waals surface area (Å²) in [6.45, 7) is 1.81. The fourth-order valence-electron chi connectivity index (χ4n) is 4.44. The maximum Gasteiger partial charge on any atom is 0.295 e. The van der Waals surface area contributed by atoms with Crippen LogP contribution in [0, 0.1) is 10.1 Å². The third kappa shape index (κ3) is 6.45. The minimum atomic E-state index is -4.05. The quantitative estimate of drug-likeness (QED) is 0.193. The summed E-state index contributed by atoms with van der Waals surface area (Å²) in [5.41, 5.74) is 5.61. The molecule has 37 heavy (non-hydrogen) atoms. The summed E-state index contributed by atoms with van der Waals surface area (Å²) >= 11 is 0. The summed E-state index contributed by atoms with van der Waals surface area (Å²) in [7, 11) is -2.55. The number of methoxy groups -OCH3 is 1. The van der Waals surface area contributed by atoms with Gasteiger partial charge in [-0.3, -0.25) is 20.3 Å². The molecule has 0 unspecified atom stereocenters. The van der Waals surface area contributed by atoms with Gasteiger partial charge in [0.15, 0.2) is 0 Å². The maximum absolute atomic E-state index is 12.8. The second-order valence-electron chi connectivity index (χ2n) is 9.04. The van der Waals surface area contributed by atoms with Gasteiger partial charge in [-0.1, -0.05) is 43.5 Å². The SMILES string of the molecule is COc1ccc(NS(=O)(=O)c2ccc(N/N=C(\C)c3ccc(C4CCCCC4)cc3)c([N+](=O)[O-])c2)cc1. The topological polar surface area (TPSA) is 123 Å². The molecule has 0 spiro atoms. The lowest BCUT2D eigenvalue weighted by atomic mass is 9.84. The second-order valence-corrected chi connectivity index (χ2v) is 10.7. The molecule has 10 heteroatoms. The van der Waals surface area contributed by atoms with Crippen molar-refractivity contribution in [3.63, 3.8) is 0 Å². The maximum atomic E-state index is 12.8. The Bertz CT molecular complexity index is 1380. The lowest BCUT2D eigenvalue weighted by Crippen LogP contribution is -2.13. The molecule has 1 aliphatic rings. The number of anilines is 2. The van der Waals surface area contributed by atoms with E-state index in [1.54, 1.807) is 24.3 Å². The largest absolute Gasteiger partial charge is 0.497 e. The van der Waals surface area contributed by atoms with Gasteiger partial charge in [0.1, 0.15) is 11.4 Å². The highest BCUT2D eigenvalue weighted by Crippen LogP contribution is 2.33. The molecular formula is C27H30N4O5S. The Kier molecular flexibility index (Phi) is 8.08. The fraction of sp³-hybridized carbons (Fsp3) is 0.296. The van der Waals surface area contributed by atoms with Crippen molar-refractivity contribution < 1.29 is 18.1 Å². The predicted molar refractivity (Wildman–Crippen MR) is 145 cm³/mol. The summed E-state index contributed by atoms with van der Waals surface area (Å²) < 4.78 is 33.1. The average Bonchev–Trinajstić information content (AvgIpc) is 2.92. The van der Waals surface area contributed by atoms with E-state index in [9.17, 15) is 18.5 Å². The minimum absolute atomic E-state index is 0.0894. The van der Waals surface area contributed by atoms with Crippen LogP contribution in [0.25, 0.3) is 0 Å². The second kappa shape index (κ2) is 11.4. The van der Waals surface area contributed by atoms with E-state index in [0.717, 1.165) is 11.6 Å². The van der Waals surface area contributed by atoms with Crippen molar-refractivity contribution in [2.45, 2.75) is 49.8 Å². The molecule has 4 rings (SSSR count). The molecule has 194 valence electrons. The highest BCUT2D eigenvalue weighted by molar-refractivity contribution is 7.92. The van der Waals surface area contributed by atoms with Gasteiger partial charge < -0.3 is 4.74 Å². The van der Waals surface area contributed by atoms with Crippen LogP contribution in [0.3, 0.4) is 0 Å². The van der Waals surface area contributed by atoms with E-state index in [1.807, 2.05) is 19.1 Å². The molecule has 3 aromatic rings. The number of hydrogen-bond donors (Lipinski definition) is 2. The van der Waals surface area contributed by atoms with E-state index in [1.165, 1.54) is 56.9 Å². The normalized spacial score (nSPS) is 14.7. The molecule has 0 aromatic heterocycles. The van der Waals surface area contributed by atoms with Crippen LogP contribution in [0.4, 0.5) is 17.1 Å². The van der Waals surface area contributed by atoms with Crippen molar-refractivity contribution in [1.29, 1.82) is 0 Å². The Morgan fingerprint density at radius 1 is 1.00 bits per heavy atom. The molecule has 0 aliphatic heterocycles. The van der Waals surface area contributed by atoms with Gasteiger partial charge in [-0.15, -0.1) is 0 Å². The van der Waals surface area contributed by atoms with E-state index < -0.39 is 20.6 Å². The molecule has 2 N–H and O–H groups in total. The van der Waals surface area contributed by atoms with Crippen LogP contribution in [-0.4, -0.2) is 26.2 Å². The Morgan fingerprint density at radius 2 is 1.68 bits per heavy atom. The number of nitrogens with one attached hydrogen (secondary N) is 2. The number of sulfonamides is 1. The lowest BCUT2D eigenvalue weighted by Gasteiger charge is -2.22. The number of nitro benzene ring substituents is 1. The zero-order valence-corrected chi connectivity index (χ0v) is 21.6. The molecule has 0 bridgehead atoms. The number of nitrogens with zero attached hydrogens (tertiary/aromatic N) is 2. The zero-order valence-electron chi connectivity index (χ0n) is 20.8. The molecule has 3 aromatic carbocycles. The van der Waals surface area contributed by atoms with Crippen LogP contribution in [0.5, 0.6) is 5.75 Å². The molecule has 0 heterocycles. The Labute approximate surface area is 216 Å². The molecule has 9 nitrogen and oxygen atoms in total. The first-order chi connectivity index (χ1) is 17.8.